The molecule has 1 aliphatic heterocycles. The first kappa shape index (κ1) is 23.6. The maximum absolute atomic E-state index is 12.4. The zero-order chi connectivity index (χ0) is 24.6. The summed E-state index contributed by atoms with van der Waals surface area (Å²) in [5.41, 5.74) is 2.07. The van der Waals surface area contributed by atoms with Crippen molar-refractivity contribution in [2.75, 3.05) is 25.6 Å². The highest BCUT2D eigenvalue weighted by atomic mass is 16.6. The SMILES string of the molecule is CCOc1cc(/C=C2/N=C(c3ccccc3OC)OC2=O)ccc1OCC(=O)Nc1ccccc1. The molecular formula is C27H24N2O6. The Morgan fingerprint density at radius 3 is 2.51 bits per heavy atom. The Morgan fingerprint density at radius 2 is 1.74 bits per heavy atom. The number of esters is 1. The molecule has 0 unspecified atom stereocenters. The van der Waals surface area contributed by atoms with Crippen molar-refractivity contribution >= 4 is 29.5 Å². The molecule has 1 heterocycles. The van der Waals surface area contributed by atoms with Gasteiger partial charge in [-0.15, -0.1) is 0 Å². The van der Waals surface area contributed by atoms with Crippen LogP contribution in [0.1, 0.15) is 18.1 Å². The summed E-state index contributed by atoms with van der Waals surface area (Å²) in [6, 6.07) is 21.4. The van der Waals surface area contributed by atoms with Crippen LogP contribution in [0.4, 0.5) is 5.69 Å². The van der Waals surface area contributed by atoms with E-state index in [1.165, 1.54) is 7.11 Å². The van der Waals surface area contributed by atoms with Crippen molar-refractivity contribution in [3.8, 4) is 17.2 Å². The first-order chi connectivity index (χ1) is 17.1. The van der Waals surface area contributed by atoms with E-state index in [-0.39, 0.29) is 24.1 Å². The van der Waals surface area contributed by atoms with Crippen LogP contribution in [0.15, 0.2) is 83.5 Å². The number of hydrogen-bond acceptors (Lipinski definition) is 7. The zero-order valence-electron chi connectivity index (χ0n) is 19.3. The normalized spacial score (nSPS) is 13.7. The highest BCUT2D eigenvalue weighted by Crippen LogP contribution is 2.31. The van der Waals surface area contributed by atoms with Crippen molar-refractivity contribution in [3.05, 3.63) is 89.6 Å². The van der Waals surface area contributed by atoms with E-state index in [9.17, 15) is 9.59 Å². The third kappa shape index (κ3) is 5.86. The number of nitrogens with zero attached hydrogens (tertiary/aromatic N) is 1. The van der Waals surface area contributed by atoms with Crippen LogP contribution in [-0.4, -0.2) is 38.1 Å². The average molecular weight is 472 g/mol. The lowest BCUT2D eigenvalue weighted by Crippen LogP contribution is -2.20. The van der Waals surface area contributed by atoms with E-state index in [4.69, 9.17) is 18.9 Å². The van der Waals surface area contributed by atoms with Crippen LogP contribution < -0.4 is 19.5 Å². The number of hydrogen-bond donors (Lipinski definition) is 1. The summed E-state index contributed by atoms with van der Waals surface area (Å²) < 4.78 is 22.0. The fraction of sp³-hybridized carbons (Fsp3) is 0.148. The van der Waals surface area contributed by atoms with Crippen LogP contribution >= 0.6 is 0 Å². The Kier molecular flexibility index (Phi) is 7.42. The van der Waals surface area contributed by atoms with Gasteiger partial charge in [0.2, 0.25) is 5.90 Å². The number of nitrogens with one attached hydrogen (secondary N) is 1. The molecule has 0 atom stereocenters. The number of amides is 1. The lowest BCUT2D eigenvalue weighted by Gasteiger charge is -2.13. The summed E-state index contributed by atoms with van der Waals surface area (Å²) in [7, 11) is 1.54. The Hall–Kier alpha value is -4.59. The fourth-order valence-corrected chi connectivity index (χ4v) is 3.37. The number of ether oxygens (including phenoxy) is 4. The fourth-order valence-electron chi connectivity index (χ4n) is 3.37. The number of methoxy groups -OCH3 is 1. The van der Waals surface area contributed by atoms with E-state index < -0.39 is 5.97 Å². The van der Waals surface area contributed by atoms with Gasteiger partial charge >= 0.3 is 5.97 Å². The highest BCUT2D eigenvalue weighted by molar-refractivity contribution is 6.13. The Bertz CT molecular complexity index is 1280. The van der Waals surface area contributed by atoms with Crippen molar-refractivity contribution in [2.24, 2.45) is 4.99 Å². The third-order valence-electron chi connectivity index (χ3n) is 4.95. The van der Waals surface area contributed by atoms with Gasteiger partial charge in [0.15, 0.2) is 23.8 Å². The number of para-hydroxylation sites is 2. The van der Waals surface area contributed by atoms with Crippen molar-refractivity contribution in [3.63, 3.8) is 0 Å². The van der Waals surface area contributed by atoms with Gasteiger partial charge in [-0.25, -0.2) is 9.79 Å². The molecule has 0 radical (unpaired) electrons. The maximum Gasteiger partial charge on any atom is 0.363 e. The molecule has 0 bridgehead atoms. The number of aliphatic imine (C=N–C) groups is 1. The second-order valence-electron chi connectivity index (χ2n) is 7.38. The van der Waals surface area contributed by atoms with Crippen LogP contribution in [0.2, 0.25) is 0 Å². The first-order valence-electron chi connectivity index (χ1n) is 11.0. The molecule has 0 saturated heterocycles. The standard InChI is InChI=1S/C27H24N2O6/c1-3-33-24-16-18(13-14-23(24)34-17-25(30)28-19-9-5-4-6-10-19)15-21-27(31)35-26(29-21)20-11-7-8-12-22(20)32-2/h4-16H,3,17H2,1-2H3,(H,28,30)/b21-15+. The van der Waals surface area contributed by atoms with E-state index in [0.717, 1.165) is 0 Å². The zero-order valence-corrected chi connectivity index (χ0v) is 19.3. The Morgan fingerprint density at radius 1 is 0.971 bits per heavy atom. The molecule has 8 nitrogen and oxygen atoms in total. The van der Waals surface area contributed by atoms with E-state index >= 15 is 0 Å². The lowest BCUT2D eigenvalue weighted by atomic mass is 10.1. The number of carbonyl (C=O) groups excluding carboxylic acids is 2. The smallest absolute Gasteiger partial charge is 0.363 e. The van der Waals surface area contributed by atoms with Gasteiger partial charge in [-0.3, -0.25) is 4.79 Å². The number of cyclic esters (lactones) is 1. The molecule has 1 aliphatic rings. The number of carbonyl (C=O) groups is 2. The second-order valence-corrected chi connectivity index (χ2v) is 7.38. The predicted octanol–water partition coefficient (Wildman–Crippen LogP) is 4.46. The number of benzene rings is 3. The van der Waals surface area contributed by atoms with E-state index in [1.54, 1.807) is 48.5 Å². The molecule has 1 N–H and O–H groups in total. The molecule has 0 aliphatic carbocycles. The van der Waals surface area contributed by atoms with Crippen LogP contribution in [0.3, 0.4) is 0 Å². The average Bonchev–Trinajstić information content (AvgIpc) is 3.24. The predicted molar refractivity (Wildman–Crippen MR) is 132 cm³/mol. The quantitative estimate of drug-likeness (QED) is 0.365. The summed E-state index contributed by atoms with van der Waals surface area (Å²) in [4.78, 5) is 29.0. The van der Waals surface area contributed by atoms with Gasteiger partial charge in [0, 0.05) is 5.69 Å². The minimum Gasteiger partial charge on any atom is -0.496 e. The Balaban J connectivity index is 1.50. The van der Waals surface area contributed by atoms with Gasteiger partial charge in [-0.2, -0.15) is 0 Å². The second kappa shape index (κ2) is 11.0. The molecular weight excluding hydrogens is 448 g/mol. The van der Waals surface area contributed by atoms with Gasteiger partial charge in [-0.1, -0.05) is 36.4 Å². The van der Waals surface area contributed by atoms with Crippen LogP contribution in [-0.2, 0) is 14.3 Å². The molecule has 35 heavy (non-hydrogen) atoms. The number of rotatable bonds is 9. The topological polar surface area (TPSA) is 95.4 Å². The summed E-state index contributed by atoms with van der Waals surface area (Å²) in [6.07, 6.45) is 1.60. The van der Waals surface area contributed by atoms with Gasteiger partial charge in [-0.05, 0) is 55.0 Å². The molecule has 0 aromatic heterocycles. The van der Waals surface area contributed by atoms with Gasteiger partial charge < -0.3 is 24.3 Å². The van der Waals surface area contributed by atoms with E-state index in [0.29, 0.717) is 40.7 Å². The Labute approximate surface area is 202 Å². The molecule has 0 spiro atoms. The maximum atomic E-state index is 12.4. The molecule has 3 aromatic carbocycles. The van der Waals surface area contributed by atoms with Crippen molar-refractivity contribution < 1.29 is 28.5 Å². The molecule has 3 aromatic rings. The number of anilines is 1. The van der Waals surface area contributed by atoms with Crippen LogP contribution in [0.5, 0.6) is 17.2 Å². The molecule has 0 saturated carbocycles. The lowest BCUT2D eigenvalue weighted by molar-refractivity contribution is -0.130. The van der Waals surface area contributed by atoms with Crippen molar-refractivity contribution in [1.82, 2.24) is 0 Å². The minimum atomic E-state index is -0.568. The summed E-state index contributed by atoms with van der Waals surface area (Å²) in [6.45, 7) is 2.05. The van der Waals surface area contributed by atoms with Gasteiger partial charge in [0.05, 0.1) is 19.3 Å². The monoisotopic (exact) mass is 472 g/mol. The largest absolute Gasteiger partial charge is 0.496 e. The minimum absolute atomic E-state index is 0.143. The summed E-state index contributed by atoms with van der Waals surface area (Å²) in [5, 5.41) is 2.76. The highest BCUT2D eigenvalue weighted by Gasteiger charge is 2.26. The molecule has 178 valence electrons. The van der Waals surface area contributed by atoms with Gasteiger partial charge in [0.1, 0.15) is 5.75 Å². The van der Waals surface area contributed by atoms with Gasteiger partial charge in [0.25, 0.3) is 5.91 Å². The first-order valence-corrected chi connectivity index (χ1v) is 11.0. The summed E-state index contributed by atoms with van der Waals surface area (Å²) in [5.74, 6) is 0.711. The van der Waals surface area contributed by atoms with Crippen LogP contribution in [0.25, 0.3) is 6.08 Å². The molecule has 1 amide bonds. The molecule has 4 rings (SSSR count). The molecule has 0 fully saturated rings. The third-order valence-corrected chi connectivity index (χ3v) is 4.95. The van der Waals surface area contributed by atoms with Crippen molar-refractivity contribution in [1.29, 1.82) is 0 Å². The van der Waals surface area contributed by atoms with E-state index in [2.05, 4.69) is 10.3 Å². The van der Waals surface area contributed by atoms with Crippen molar-refractivity contribution in [2.45, 2.75) is 6.92 Å². The van der Waals surface area contributed by atoms with E-state index in [1.807, 2.05) is 37.3 Å². The van der Waals surface area contributed by atoms with Crippen LogP contribution in [0, 0.1) is 0 Å². The molecule has 8 heteroatoms. The summed E-state index contributed by atoms with van der Waals surface area (Å²) >= 11 is 0.